The normalized spacial score (nSPS) is 10.9. The molecule has 0 fully saturated rings. The standard InChI is InChI=1S/C20H19N2O.C19H16N2O.C2H6/c1-22-15-9-8-14-19(22)20(18-12-6-3-7-13-18)21-23-16-17-10-4-2-5-11-17;1-3-9-16(10-4-1)15-22-21-19(17-11-5-2-6-12-17)18-13-7-8-14-20-18;1-2/h2-15H,16H2,1H3;1-14H,15H2;1-2H3/q+1;;/b21-20+;21-19+;. The van der Waals surface area contributed by atoms with E-state index < -0.39 is 0 Å². The largest absolute Gasteiger partial charge is 0.390 e. The Morgan fingerprint density at radius 3 is 1.47 bits per heavy atom. The van der Waals surface area contributed by atoms with Crippen LogP contribution < -0.4 is 4.57 Å². The van der Waals surface area contributed by atoms with Crippen molar-refractivity contribution in [1.29, 1.82) is 0 Å². The highest BCUT2D eigenvalue weighted by Gasteiger charge is 2.16. The minimum atomic E-state index is 0.435. The fourth-order valence-electron chi connectivity index (χ4n) is 4.45. The third-order valence-electron chi connectivity index (χ3n) is 6.76. The first-order valence-corrected chi connectivity index (χ1v) is 15.7. The van der Waals surface area contributed by atoms with Gasteiger partial charge in [0.15, 0.2) is 11.9 Å². The molecule has 0 saturated carbocycles. The van der Waals surface area contributed by atoms with Crippen LogP contribution in [-0.4, -0.2) is 16.4 Å². The Balaban J connectivity index is 0.000000202. The predicted molar refractivity (Wildman–Crippen MR) is 190 cm³/mol. The molecule has 0 aliphatic heterocycles. The van der Waals surface area contributed by atoms with E-state index in [0.29, 0.717) is 13.2 Å². The molecule has 6 heteroatoms. The zero-order chi connectivity index (χ0) is 32.9. The van der Waals surface area contributed by atoms with Gasteiger partial charge in [-0.25, -0.2) is 0 Å². The van der Waals surface area contributed by atoms with Gasteiger partial charge < -0.3 is 9.68 Å². The van der Waals surface area contributed by atoms with Crippen molar-refractivity contribution >= 4 is 11.4 Å². The lowest BCUT2D eigenvalue weighted by atomic mass is 10.1. The molecule has 0 atom stereocenters. The van der Waals surface area contributed by atoms with Gasteiger partial charge in [0.1, 0.15) is 26.0 Å². The van der Waals surface area contributed by atoms with Crippen LogP contribution in [-0.2, 0) is 29.9 Å². The van der Waals surface area contributed by atoms with E-state index in [4.69, 9.17) is 9.68 Å². The highest BCUT2D eigenvalue weighted by molar-refractivity contribution is 6.11. The van der Waals surface area contributed by atoms with E-state index in [-0.39, 0.29) is 0 Å². The Labute approximate surface area is 278 Å². The average molecular weight is 622 g/mol. The van der Waals surface area contributed by atoms with E-state index in [9.17, 15) is 0 Å². The molecule has 0 aliphatic rings. The van der Waals surface area contributed by atoms with E-state index in [1.807, 2.05) is 189 Å². The molecule has 4 aromatic carbocycles. The molecule has 0 spiro atoms. The van der Waals surface area contributed by atoms with Crippen LogP contribution in [0.25, 0.3) is 0 Å². The minimum absolute atomic E-state index is 0.435. The van der Waals surface area contributed by atoms with Crippen molar-refractivity contribution in [2.75, 3.05) is 0 Å². The van der Waals surface area contributed by atoms with Gasteiger partial charge >= 0.3 is 0 Å². The fourth-order valence-corrected chi connectivity index (χ4v) is 4.45. The summed E-state index contributed by atoms with van der Waals surface area (Å²) in [6, 6.07) is 51.8. The van der Waals surface area contributed by atoms with Gasteiger partial charge in [-0.1, -0.05) is 152 Å². The SMILES string of the molecule is CC.C[n+]1ccccc1/C(=N/OCc1ccccc1)c1ccccc1.c1ccc(CO/N=C(\c2ccccc2)c2ccccn2)cc1. The third-order valence-corrected chi connectivity index (χ3v) is 6.76. The van der Waals surface area contributed by atoms with Crippen LogP contribution in [0.15, 0.2) is 180 Å². The van der Waals surface area contributed by atoms with Crippen molar-refractivity contribution in [1.82, 2.24) is 4.98 Å². The van der Waals surface area contributed by atoms with Crippen LogP contribution in [0.1, 0.15) is 47.5 Å². The summed E-state index contributed by atoms with van der Waals surface area (Å²) in [6.45, 7) is 4.89. The zero-order valence-electron chi connectivity index (χ0n) is 27.2. The van der Waals surface area contributed by atoms with Gasteiger partial charge in [-0.15, -0.1) is 0 Å². The molecule has 2 aromatic heterocycles. The van der Waals surface area contributed by atoms with Crippen LogP contribution >= 0.6 is 0 Å². The number of pyridine rings is 2. The molecule has 236 valence electrons. The summed E-state index contributed by atoms with van der Waals surface area (Å²) < 4.78 is 2.04. The predicted octanol–water partition coefficient (Wildman–Crippen LogP) is 8.56. The third kappa shape index (κ3) is 10.9. The van der Waals surface area contributed by atoms with Crippen LogP contribution in [0.5, 0.6) is 0 Å². The first-order chi connectivity index (χ1) is 23.3. The average Bonchev–Trinajstić information content (AvgIpc) is 3.15. The van der Waals surface area contributed by atoms with E-state index in [2.05, 4.69) is 15.3 Å². The Kier molecular flexibility index (Phi) is 14.1. The summed E-state index contributed by atoms with van der Waals surface area (Å²) in [6.07, 6.45) is 3.76. The molecule has 0 bridgehead atoms. The molecule has 6 aromatic rings. The van der Waals surface area contributed by atoms with Crippen molar-refractivity contribution in [3.8, 4) is 0 Å². The maximum absolute atomic E-state index is 5.62. The van der Waals surface area contributed by atoms with Gasteiger partial charge in [-0.2, -0.15) is 4.57 Å². The first kappa shape index (κ1) is 34.0. The number of hydrogen-bond acceptors (Lipinski definition) is 5. The molecule has 0 saturated heterocycles. The van der Waals surface area contributed by atoms with Gasteiger partial charge in [0.25, 0.3) is 0 Å². The van der Waals surface area contributed by atoms with Gasteiger partial charge in [0.2, 0.25) is 5.69 Å². The van der Waals surface area contributed by atoms with Gasteiger partial charge in [-0.3, -0.25) is 4.98 Å². The molecule has 0 unspecified atom stereocenters. The molecule has 0 N–H and O–H groups in total. The number of rotatable bonds is 10. The second-order valence-electron chi connectivity index (χ2n) is 10.0. The quantitative estimate of drug-likeness (QED) is 0.0875. The number of benzene rings is 4. The van der Waals surface area contributed by atoms with E-state index in [0.717, 1.165) is 45.1 Å². The lowest BCUT2D eigenvalue weighted by Crippen LogP contribution is -2.36. The van der Waals surface area contributed by atoms with Crippen molar-refractivity contribution in [2.24, 2.45) is 17.4 Å². The number of hydrogen-bond donors (Lipinski definition) is 0. The maximum Gasteiger partial charge on any atom is 0.234 e. The number of aryl methyl sites for hydroxylation is 1. The van der Waals surface area contributed by atoms with Crippen molar-refractivity contribution < 1.29 is 14.2 Å². The van der Waals surface area contributed by atoms with Gasteiger partial charge in [0.05, 0.1) is 5.69 Å². The Morgan fingerprint density at radius 1 is 0.532 bits per heavy atom. The molecular formula is C41H41N4O2+. The van der Waals surface area contributed by atoms with Crippen LogP contribution in [0.3, 0.4) is 0 Å². The lowest BCUT2D eigenvalue weighted by Gasteiger charge is -2.06. The topological polar surface area (TPSA) is 60.0 Å². The molecule has 0 aliphatic carbocycles. The molecule has 6 rings (SSSR count). The Bertz CT molecular complexity index is 1740. The minimum Gasteiger partial charge on any atom is -0.390 e. The highest BCUT2D eigenvalue weighted by atomic mass is 16.6. The number of aromatic nitrogens is 2. The lowest BCUT2D eigenvalue weighted by molar-refractivity contribution is -0.672. The highest BCUT2D eigenvalue weighted by Crippen LogP contribution is 2.11. The van der Waals surface area contributed by atoms with Crippen molar-refractivity contribution in [2.45, 2.75) is 27.1 Å². The second-order valence-corrected chi connectivity index (χ2v) is 10.0. The monoisotopic (exact) mass is 621 g/mol. The molecule has 2 heterocycles. The summed E-state index contributed by atoms with van der Waals surface area (Å²) >= 11 is 0. The molecule has 47 heavy (non-hydrogen) atoms. The van der Waals surface area contributed by atoms with Gasteiger partial charge in [-0.05, 0) is 29.3 Å². The van der Waals surface area contributed by atoms with Crippen molar-refractivity contribution in [3.05, 3.63) is 204 Å². The smallest absolute Gasteiger partial charge is 0.234 e. The van der Waals surface area contributed by atoms with Crippen molar-refractivity contribution in [3.63, 3.8) is 0 Å². The number of nitrogens with zero attached hydrogens (tertiary/aromatic N) is 4. The molecule has 0 amide bonds. The van der Waals surface area contributed by atoms with E-state index in [1.165, 1.54) is 0 Å². The summed E-state index contributed by atoms with van der Waals surface area (Å²) in [5.41, 5.74) is 7.55. The Morgan fingerprint density at radius 2 is 0.979 bits per heavy atom. The zero-order valence-corrected chi connectivity index (χ0v) is 27.2. The first-order valence-electron chi connectivity index (χ1n) is 15.7. The number of oxime groups is 2. The van der Waals surface area contributed by atoms with E-state index >= 15 is 0 Å². The summed E-state index contributed by atoms with van der Waals surface area (Å²) in [5.74, 6) is 0. The van der Waals surface area contributed by atoms with Crippen LogP contribution in [0.2, 0.25) is 0 Å². The summed E-state index contributed by atoms with van der Waals surface area (Å²) in [4.78, 5) is 15.5. The van der Waals surface area contributed by atoms with E-state index in [1.54, 1.807) is 6.20 Å². The molecular weight excluding hydrogens is 580 g/mol. The summed E-state index contributed by atoms with van der Waals surface area (Å²) in [7, 11) is 2.00. The van der Waals surface area contributed by atoms with Crippen LogP contribution in [0.4, 0.5) is 0 Å². The fraction of sp³-hybridized carbons (Fsp3) is 0.122. The van der Waals surface area contributed by atoms with Crippen LogP contribution in [0, 0.1) is 0 Å². The summed E-state index contributed by atoms with van der Waals surface area (Å²) in [5, 5.41) is 8.73. The second kappa shape index (κ2) is 19.5. The van der Waals surface area contributed by atoms with Gasteiger partial charge in [0, 0.05) is 29.5 Å². The molecule has 0 radical (unpaired) electrons. The maximum atomic E-state index is 5.62. The molecule has 6 nitrogen and oxygen atoms in total. The Hall–Kier alpha value is -5.88.